The third kappa shape index (κ3) is 1.70. The number of hydrogen-bond acceptors (Lipinski definition) is 3. The van der Waals surface area contributed by atoms with Crippen LogP contribution in [0.4, 0.5) is 0 Å². The van der Waals surface area contributed by atoms with Crippen molar-refractivity contribution in [2.75, 3.05) is 28.2 Å². The second-order valence-electron chi connectivity index (χ2n) is 3.17. The molecule has 0 aromatic rings. The summed E-state index contributed by atoms with van der Waals surface area (Å²) in [5, 5.41) is 0. The van der Waals surface area contributed by atoms with Gasteiger partial charge in [0.15, 0.2) is 5.66 Å². The average Bonchev–Trinajstić information content (AvgIpc) is 1.84. The molecule has 4 nitrogen and oxygen atoms in total. The normalized spacial score (nSPS) is 12.6. The molecule has 0 spiro atoms. The molecular weight excluding hydrogens is 142 g/mol. The fourth-order valence-corrected chi connectivity index (χ4v) is 0.841. The van der Waals surface area contributed by atoms with E-state index in [0.717, 1.165) is 0 Å². The molecule has 0 radical (unpaired) electrons. The van der Waals surface area contributed by atoms with Crippen LogP contribution in [0.2, 0.25) is 0 Å². The highest BCUT2D eigenvalue weighted by Gasteiger charge is 2.35. The van der Waals surface area contributed by atoms with Crippen LogP contribution < -0.4 is 5.73 Å². The van der Waals surface area contributed by atoms with E-state index in [2.05, 4.69) is 0 Å². The first-order valence-corrected chi connectivity index (χ1v) is 3.48. The summed E-state index contributed by atoms with van der Waals surface area (Å²) in [5.74, 6) is -0.340. The molecule has 0 fully saturated rings. The Balaban J connectivity index is 4.67. The Hall–Kier alpha value is -0.610. The molecule has 0 aromatic carbocycles. The highest BCUT2D eigenvalue weighted by atomic mass is 16.2. The zero-order valence-corrected chi connectivity index (χ0v) is 7.88. The second kappa shape index (κ2) is 3.19. The van der Waals surface area contributed by atoms with Crippen LogP contribution in [0.3, 0.4) is 0 Å². The Morgan fingerprint density at radius 2 is 1.45 bits per heavy atom. The van der Waals surface area contributed by atoms with E-state index in [9.17, 15) is 4.79 Å². The molecule has 0 aliphatic rings. The van der Waals surface area contributed by atoms with Gasteiger partial charge in [-0.15, -0.1) is 0 Å². The molecule has 0 aromatic heterocycles. The Labute approximate surface area is 67.9 Å². The van der Waals surface area contributed by atoms with Gasteiger partial charge in [-0.05, 0) is 35.1 Å². The van der Waals surface area contributed by atoms with Crippen LogP contribution in [0.5, 0.6) is 0 Å². The van der Waals surface area contributed by atoms with Gasteiger partial charge in [-0.25, -0.2) is 0 Å². The van der Waals surface area contributed by atoms with Crippen molar-refractivity contribution in [2.24, 2.45) is 5.73 Å². The van der Waals surface area contributed by atoms with Crippen molar-refractivity contribution in [1.82, 2.24) is 9.80 Å². The van der Waals surface area contributed by atoms with Crippen LogP contribution in [0.1, 0.15) is 6.92 Å². The summed E-state index contributed by atoms with van der Waals surface area (Å²) in [7, 11) is 7.30. The lowest BCUT2D eigenvalue weighted by Gasteiger charge is -2.38. The number of hydrogen-bond donors (Lipinski definition) is 1. The molecular formula is C7H17N3O. The number of amides is 1. The first-order chi connectivity index (χ1) is 4.83. The van der Waals surface area contributed by atoms with E-state index in [1.54, 1.807) is 16.7 Å². The summed E-state index contributed by atoms with van der Waals surface area (Å²) in [6.45, 7) is 1.79. The fourth-order valence-electron chi connectivity index (χ4n) is 0.841. The summed E-state index contributed by atoms with van der Waals surface area (Å²) in [5.41, 5.74) is 4.56. The number of nitrogens with zero attached hydrogens (tertiary/aromatic N) is 2. The van der Waals surface area contributed by atoms with Gasteiger partial charge in [0, 0.05) is 0 Å². The number of rotatable bonds is 3. The molecule has 0 saturated carbocycles. The molecule has 2 N–H and O–H groups in total. The van der Waals surface area contributed by atoms with E-state index in [1.165, 1.54) is 0 Å². The molecule has 0 atom stereocenters. The summed E-state index contributed by atoms with van der Waals surface area (Å²) in [6, 6.07) is 0. The monoisotopic (exact) mass is 159 g/mol. The standard InChI is InChI=1S/C7H17N3O/c1-7(6(8)11,9(2)3)10(4)5/h1-5H3,(H2,8,11). The number of carbonyl (C=O) groups is 1. The van der Waals surface area contributed by atoms with Gasteiger partial charge in [-0.3, -0.25) is 14.6 Å². The minimum Gasteiger partial charge on any atom is -0.367 e. The summed E-state index contributed by atoms with van der Waals surface area (Å²) >= 11 is 0. The lowest BCUT2D eigenvalue weighted by atomic mass is 10.1. The third-order valence-corrected chi connectivity index (χ3v) is 2.21. The minimum absolute atomic E-state index is 0.340. The van der Waals surface area contributed by atoms with E-state index in [1.807, 2.05) is 28.2 Å². The van der Waals surface area contributed by atoms with Crippen LogP contribution in [0.25, 0.3) is 0 Å². The molecule has 0 rings (SSSR count). The Bertz CT molecular complexity index is 146. The average molecular weight is 159 g/mol. The highest BCUT2D eigenvalue weighted by molar-refractivity contribution is 5.83. The van der Waals surface area contributed by atoms with Crippen molar-refractivity contribution in [3.63, 3.8) is 0 Å². The predicted molar refractivity (Wildman–Crippen MR) is 45.0 cm³/mol. The predicted octanol–water partition coefficient (Wildman–Crippen LogP) is -0.689. The van der Waals surface area contributed by atoms with E-state index in [-0.39, 0.29) is 5.91 Å². The van der Waals surface area contributed by atoms with Gasteiger partial charge in [0.05, 0.1) is 0 Å². The summed E-state index contributed by atoms with van der Waals surface area (Å²) in [4.78, 5) is 14.6. The van der Waals surface area contributed by atoms with Gasteiger partial charge < -0.3 is 5.73 Å². The molecule has 11 heavy (non-hydrogen) atoms. The number of carbonyl (C=O) groups excluding carboxylic acids is 1. The summed E-state index contributed by atoms with van der Waals surface area (Å²) in [6.07, 6.45) is 0. The lowest BCUT2D eigenvalue weighted by molar-refractivity contribution is -0.137. The molecule has 0 aliphatic heterocycles. The van der Waals surface area contributed by atoms with E-state index >= 15 is 0 Å². The van der Waals surface area contributed by atoms with Gasteiger partial charge >= 0.3 is 0 Å². The maximum atomic E-state index is 11.0. The maximum absolute atomic E-state index is 11.0. The Kier molecular flexibility index (Phi) is 3.02. The van der Waals surface area contributed by atoms with Crippen LogP contribution in [0.15, 0.2) is 0 Å². The molecule has 0 heterocycles. The number of nitrogens with two attached hydrogens (primary N) is 1. The molecule has 0 unspecified atom stereocenters. The van der Waals surface area contributed by atoms with Gasteiger partial charge in [0.1, 0.15) is 0 Å². The van der Waals surface area contributed by atoms with Gasteiger partial charge in [0.25, 0.3) is 5.91 Å². The topological polar surface area (TPSA) is 49.6 Å². The minimum atomic E-state index is -0.694. The first kappa shape index (κ1) is 10.4. The fraction of sp³-hybridized carbons (Fsp3) is 0.857. The van der Waals surface area contributed by atoms with Crippen LogP contribution in [-0.4, -0.2) is 49.6 Å². The number of likely N-dealkylation sites (N-methyl/N-ethyl adjacent to an activating group) is 2. The van der Waals surface area contributed by atoms with Crippen LogP contribution >= 0.6 is 0 Å². The van der Waals surface area contributed by atoms with Gasteiger partial charge in [-0.1, -0.05) is 0 Å². The van der Waals surface area contributed by atoms with Gasteiger partial charge in [0.2, 0.25) is 0 Å². The molecule has 0 aliphatic carbocycles. The quantitative estimate of drug-likeness (QED) is 0.555. The molecule has 0 bridgehead atoms. The van der Waals surface area contributed by atoms with Crippen molar-refractivity contribution < 1.29 is 4.79 Å². The lowest BCUT2D eigenvalue weighted by Crippen LogP contribution is -2.61. The Morgan fingerprint density at radius 1 is 1.18 bits per heavy atom. The first-order valence-electron chi connectivity index (χ1n) is 3.48. The largest absolute Gasteiger partial charge is 0.367 e. The van der Waals surface area contributed by atoms with E-state index < -0.39 is 5.66 Å². The van der Waals surface area contributed by atoms with Gasteiger partial charge in [-0.2, -0.15) is 0 Å². The number of primary amides is 1. The smallest absolute Gasteiger partial charge is 0.252 e. The summed E-state index contributed by atoms with van der Waals surface area (Å²) < 4.78 is 0. The zero-order valence-electron chi connectivity index (χ0n) is 7.88. The van der Waals surface area contributed by atoms with Crippen molar-refractivity contribution in [3.05, 3.63) is 0 Å². The van der Waals surface area contributed by atoms with Crippen LogP contribution in [0, 0.1) is 0 Å². The molecule has 0 saturated heterocycles. The maximum Gasteiger partial charge on any atom is 0.252 e. The van der Waals surface area contributed by atoms with Crippen molar-refractivity contribution in [1.29, 1.82) is 0 Å². The zero-order chi connectivity index (χ0) is 9.23. The van der Waals surface area contributed by atoms with Crippen molar-refractivity contribution in [3.8, 4) is 0 Å². The molecule has 66 valence electrons. The molecule has 1 amide bonds. The third-order valence-electron chi connectivity index (χ3n) is 2.21. The second-order valence-corrected chi connectivity index (χ2v) is 3.17. The molecule has 4 heteroatoms. The SMILES string of the molecule is CN(C)C(C)(C(N)=O)N(C)C. The Morgan fingerprint density at radius 3 is 1.45 bits per heavy atom. The van der Waals surface area contributed by atoms with Crippen molar-refractivity contribution >= 4 is 5.91 Å². The highest BCUT2D eigenvalue weighted by Crippen LogP contribution is 2.12. The van der Waals surface area contributed by atoms with Crippen molar-refractivity contribution in [2.45, 2.75) is 12.6 Å². The van der Waals surface area contributed by atoms with E-state index in [0.29, 0.717) is 0 Å². The van der Waals surface area contributed by atoms with E-state index in [4.69, 9.17) is 5.73 Å². The van der Waals surface area contributed by atoms with Crippen LogP contribution in [-0.2, 0) is 4.79 Å².